The molecule has 1 aliphatic rings. The summed E-state index contributed by atoms with van der Waals surface area (Å²) >= 11 is 0. The smallest absolute Gasteiger partial charge is 0.329 e. The second-order valence-corrected chi connectivity index (χ2v) is 5.32. The van der Waals surface area contributed by atoms with Gasteiger partial charge in [0.1, 0.15) is 12.4 Å². The van der Waals surface area contributed by atoms with Gasteiger partial charge in [-0.25, -0.2) is 4.79 Å². The average Bonchev–Trinajstić information content (AvgIpc) is 2.37. The van der Waals surface area contributed by atoms with Crippen LogP contribution in [0.1, 0.15) is 19.4 Å². The largest absolute Gasteiger partial charge is 0.494 e. The van der Waals surface area contributed by atoms with Gasteiger partial charge in [-0.1, -0.05) is 18.2 Å². The molecule has 1 fully saturated rings. The molecule has 20 heavy (non-hydrogen) atoms. The standard InChI is InChI=1S/C15H21NO4/c1-3-19-13-7-5-4-6-12(13)8-16-10-15(2,11-16)20-9-14(17)18/h4-7H,3,8-11H2,1-2H3,(H,17,18). The first-order valence-corrected chi connectivity index (χ1v) is 6.81. The van der Waals surface area contributed by atoms with Crippen LogP contribution in [0.25, 0.3) is 0 Å². The molecule has 0 bridgehead atoms. The van der Waals surface area contributed by atoms with E-state index in [1.54, 1.807) is 0 Å². The first-order chi connectivity index (χ1) is 9.52. The number of benzene rings is 1. The molecule has 1 aliphatic heterocycles. The Morgan fingerprint density at radius 2 is 2.10 bits per heavy atom. The highest BCUT2D eigenvalue weighted by atomic mass is 16.5. The molecule has 110 valence electrons. The molecule has 0 amide bonds. The van der Waals surface area contributed by atoms with E-state index in [1.807, 2.05) is 32.0 Å². The first kappa shape index (κ1) is 14.8. The van der Waals surface area contributed by atoms with Crippen molar-refractivity contribution in [1.82, 2.24) is 4.90 Å². The number of nitrogens with zero attached hydrogens (tertiary/aromatic N) is 1. The summed E-state index contributed by atoms with van der Waals surface area (Å²) in [5, 5.41) is 8.64. The van der Waals surface area contributed by atoms with Crippen LogP contribution in [-0.4, -0.2) is 47.9 Å². The van der Waals surface area contributed by atoms with E-state index in [0.29, 0.717) is 6.61 Å². The third-order valence-corrected chi connectivity index (χ3v) is 3.33. The molecule has 5 heteroatoms. The van der Waals surface area contributed by atoms with Gasteiger partial charge in [-0.2, -0.15) is 0 Å². The molecule has 1 saturated heterocycles. The zero-order valence-corrected chi connectivity index (χ0v) is 12.0. The number of carbonyl (C=O) groups is 1. The number of hydrogen-bond acceptors (Lipinski definition) is 4. The van der Waals surface area contributed by atoms with Gasteiger partial charge in [-0.05, 0) is 19.9 Å². The van der Waals surface area contributed by atoms with Gasteiger partial charge < -0.3 is 14.6 Å². The number of carboxylic acids is 1. The van der Waals surface area contributed by atoms with Gasteiger partial charge in [-0.3, -0.25) is 4.90 Å². The van der Waals surface area contributed by atoms with Crippen LogP contribution in [0.2, 0.25) is 0 Å². The molecule has 0 atom stereocenters. The van der Waals surface area contributed by atoms with Crippen LogP contribution in [0, 0.1) is 0 Å². The normalized spacial score (nSPS) is 17.5. The van der Waals surface area contributed by atoms with E-state index in [4.69, 9.17) is 14.6 Å². The van der Waals surface area contributed by atoms with Crippen molar-refractivity contribution in [2.75, 3.05) is 26.3 Å². The average molecular weight is 279 g/mol. The topological polar surface area (TPSA) is 59.0 Å². The van der Waals surface area contributed by atoms with Crippen LogP contribution < -0.4 is 4.74 Å². The number of hydrogen-bond donors (Lipinski definition) is 1. The summed E-state index contributed by atoms with van der Waals surface area (Å²) in [7, 11) is 0. The Balaban J connectivity index is 1.86. The van der Waals surface area contributed by atoms with E-state index in [2.05, 4.69) is 11.0 Å². The lowest BCUT2D eigenvalue weighted by Crippen LogP contribution is -2.61. The van der Waals surface area contributed by atoms with Crippen molar-refractivity contribution in [3.8, 4) is 5.75 Å². The molecule has 0 radical (unpaired) electrons. The summed E-state index contributed by atoms with van der Waals surface area (Å²) < 4.78 is 11.0. The van der Waals surface area contributed by atoms with Crippen LogP contribution in [0.15, 0.2) is 24.3 Å². The van der Waals surface area contributed by atoms with E-state index < -0.39 is 5.97 Å². The Hall–Kier alpha value is -1.59. The third kappa shape index (κ3) is 3.71. The molecule has 0 spiro atoms. The zero-order valence-electron chi connectivity index (χ0n) is 12.0. The third-order valence-electron chi connectivity index (χ3n) is 3.33. The Morgan fingerprint density at radius 3 is 2.75 bits per heavy atom. The molecule has 1 N–H and O–H groups in total. The van der Waals surface area contributed by atoms with E-state index in [0.717, 1.165) is 30.9 Å². The second-order valence-electron chi connectivity index (χ2n) is 5.32. The summed E-state index contributed by atoms with van der Waals surface area (Å²) in [5.74, 6) is -0.0126. The summed E-state index contributed by atoms with van der Waals surface area (Å²) in [5.41, 5.74) is 0.800. The zero-order chi connectivity index (χ0) is 14.6. The maximum Gasteiger partial charge on any atom is 0.329 e. The number of para-hydroxylation sites is 1. The van der Waals surface area contributed by atoms with Crippen LogP contribution in [0.3, 0.4) is 0 Å². The fraction of sp³-hybridized carbons (Fsp3) is 0.533. The molecule has 1 aromatic rings. The fourth-order valence-corrected chi connectivity index (χ4v) is 2.51. The van der Waals surface area contributed by atoms with Crippen LogP contribution in [0.5, 0.6) is 5.75 Å². The van der Waals surface area contributed by atoms with E-state index in [1.165, 1.54) is 0 Å². The van der Waals surface area contributed by atoms with Crippen molar-refractivity contribution in [3.05, 3.63) is 29.8 Å². The Morgan fingerprint density at radius 1 is 1.40 bits per heavy atom. The SMILES string of the molecule is CCOc1ccccc1CN1CC(C)(OCC(=O)O)C1. The van der Waals surface area contributed by atoms with E-state index in [9.17, 15) is 4.79 Å². The quantitative estimate of drug-likeness (QED) is 0.824. The van der Waals surface area contributed by atoms with Gasteiger partial charge in [0.2, 0.25) is 0 Å². The minimum Gasteiger partial charge on any atom is -0.494 e. The summed E-state index contributed by atoms with van der Waals surface area (Å²) in [6.45, 7) is 6.60. The lowest BCUT2D eigenvalue weighted by atomic mass is 9.95. The summed E-state index contributed by atoms with van der Waals surface area (Å²) in [4.78, 5) is 12.7. The summed E-state index contributed by atoms with van der Waals surface area (Å²) in [6, 6.07) is 7.99. The van der Waals surface area contributed by atoms with Gasteiger partial charge in [-0.15, -0.1) is 0 Å². The predicted octanol–water partition coefficient (Wildman–Crippen LogP) is 1.76. The van der Waals surface area contributed by atoms with Crippen molar-refractivity contribution in [2.45, 2.75) is 26.0 Å². The first-order valence-electron chi connectivity index (χ1n) is 6.81. The van der Waals surface area contributed by atoms with Crippen molar-refractivity contribution in [2.24, 2.45) is 0 Å². The van der Waals surface area contributed by atoms with Crippen molar-refractivity contribution >= 4 is 5.97 Å². The maximum atomic E-state index is 10.5. The van der Waals surface area contributed by atoms with Crippen LogP contribution in [0.4, 0.5) is 0 Å². The molecular formula is C15H21NO4. The Bertz CT molecular complexity index is 469. The van der Waals surface area contributed by atoms with E-state index in [-0.39, 0.29) is 12.2 Å². The molecule has 0 aromatic heterocycles. The number of rotatable bonds is 7. The molecule has 0 aliphatic carbocycles. The molecule has 1 heterocycles. The Kier molecular flexibility index (Phi) is 4.62. The molecule has 5 nitrogen and oxygen atoms in total. The maximum absolute atomic E-state index is 10.5. The molecule has 0 unspecified atom stereocenters. The fourth-order valence-electron chi connectivity index (χ4n) is 2.51. The van der Waals surface area contributed by atoms with Crippen molar-refractivity contribution in [3.63, 3.8) is 0 Å². The van der Waals surface area contributed by atoms with Gasteiger partial charge in [0.05, 0.1) is 12.2 Å². The van der Waals surface area contributed by atoms with Crippen LogP contribution >= 0.6 is 0 Å². The number of ether oxygens (including phenoxy) is 2. The molecular weight excluding hydrogens is 258 g/mol. The van der Waals surface area contributed by atoms with Gasteiger partial charge >= 0.3 is 5.97 Å². The Labute approximate surface area is 119 Å². The molecule has 2 rings (SSSR count). The number of aliphatic carboxylic acids is 1. The van der Waals surface area contributed by atoms with Crippen molar-refractivity contribution < 1.29 is 19.4 Å². The predicted molar refractivity (Wildman–Crippen MR) is 74.9 cm³/mol. The minimum atomic E-state index is -0.925. The lowest BCUT2D eigenvalue weighted by Gasteiger charge is -2.47. The van der Waals surface area contributed by atoms with Crippen LogP contribution in [-0.2, 0) is 16.1 Å². The monoisotopic (exact) mass is 279 g/mol. The molecule has 1 aromatic carbocycles. The molecule has 0 saturated carbocycles. The minimum absolute atomic E-state index is 0.236. The second kappa shape index (κ2) is 6.24. The van der Waals surface area contributed by atoms with Gasteiger partial charge in [0.25, 0.3) is 0 Å². The van der Waals surface area contributed by atoms with E-state index >= 15 is 0 Å². The van der Waals surface area contributed by atoms with Crippen molar-refractivity contribution in [1.29, 1.82) is 0 Å². The van der Waals surface area contributed by atoms with Gasteiger partial charge in [0, 0.05) is 25.2 Å². The lowest BCUT2D eigenvalue weighted by molar-refractivity contribution is -0.165. The highest BCUT2D eigenvalue weighted by molar-refractivity contribution is 5.68. The number of carboxylic acid groups (broad SMARTS) is 1. The van der Waals surface area contributed by atoms with Gasteiger partial charge in [0.15, 0.2) is 0 Å². The summed E-state index contributed by atoms with van der Waals surface area (Å²) in [6.07, 6.45) is 0. The highest BCUT2D eigenvalue weighted by Gasteiger charge is 2.40. The number of likely N-dealkylation sites (tertiary alicyclic amines) is 1. The highest BCUT2D eigenvalue weighted by Crippen LogP contribution is 2.28.